The normalized spacial score (nSPS) is 13.5. The molecule has 0 unspecified atom stereocenters. The lowest BCUT2D eigenvalue weighted by Crippen LogP contribution is -2.30. The first-order valence-corrected chi connectivity index (χ1v) is 10.8. The second-order valence-corrected chi connectivity index (χ2v) is 7.10. The fourth-order valence-corrected chi connectivity index (χ4v) is 2.89. The topological polar surface area (TPSA) is 108 Å². The number of hydrogen-bond acceptors (Lipinski definition) is 7. The standard InChI is InChI=1S/C22H33N5O3.BrH/c1-2-3-5-9-18(26-27-22-24-15-16-25-22)12-13-19-20(10-8-14-23-19)30-17-7-4-6-11-21(28)29;/h8,10,12-14H,2-7,9,11,15-17H2,1H3,(H,28,29)(H2,24,25,27);1H/b13-12+,26-18-;. The molecule has 0 radical (unpaired) electrons. The number of nitrogens with one attached hydrogen (secondary N) is 2. The predicted molar refractivity (Wildman–Crippen MR) is 130 cm³/mol. The maximum Gasteiger partial charge on any atom is 0.303 e. The summed E-state index contributed by atoms with van der Waals surface area (Å²) < 4.78 is 5.87. The van der Waals surface area contributed by atoms with Crippen LogP contribution in [0.1, 0.15) is 64.0 Å². The molecular formula is C22H34BrN5O3. The number of halogens is 1. The van der Waals surface area contributed by atoms with Gasteiger partial charge in [0, 0.05) is 19.2 Å². The molecule has 172 valence electrons. The summed E-state index contributed by atoms with van der Waals surface area (Å²) in [5.74, 6) is 0.674. The third kappa shape index (κ3) is 11.5. The van der Waals surface area contributed by atoms with Crippen LogP contribution in [0.2, 0.25) is 0 Å². The van der Waals surface area contributed by atoms with E-state index in [4.69, 9.17) is 9.84 Å². The Morgan fingerprint density at radius 2 is 2.13 bits per heavy atom. The van der Waals surface area contributed by atoms with Crippen molar-refractivity contribution in [3.63, 3.8) is 0 Å². The molecule has 0 amide bonds. The van der Waals surface area contributed by atoms with Gasteiger partial charge in [-0.25, -0.2) is 10.4 Å². The number of pyridine rings is 1. The van der Waals surface area contributed by atoms with Gasteiger partial charge in [0.25, 0.3) is 0 Å². The van der Waals surface area contributed by atoms with Gasteiger partial charge in [-0.3, -0.25) is 9.78 Å². The molecule has 0 saturated carbocycles. The SMILES string of the molecule is Br.CCCCCC(/C=C/c1ncccc1OCCCCCC(=O)O)=N/NC1=NCCN1. The van der Waals surface area contributed by atoms with E-state index in [0.29, 0.717) is 19.0 Å². The summed E-state index contributed by atoms with van der Waals surface area (Å²) in [7, 11) is 0. The van der Waals surface area contributed by atoms with Crippen LogP contribution in [-0.2, 0) is 4.79 Å². The number of carbonyl (C=O) groups is 1. The lowest BCUT2D eigenvalue weighted by Gasteiger charge is -2.08. The Morgan fingerprint density at radius 3 is 2.87 bits per heavy atom. The summed E-state index contributed by atoms with van der Waals surface area (Å²) in [6.45, 7) is 4.32. The number of carboxylic acids is 1. The third-order valence-electron chi connectivity index (χ3n) is 4.54. The number of aromatic nitrogens is 1. The van der Waals surface area contributed by atoms with Crippen molar-refractivity contribution in [1.29, 1.82) is 0 Å². The van der Waals surface area contributed by atoms with Gasteiger partial charge in [0.2, 0.25) is 5.96 Å². The van der Waals surface area contributed by atoms with E-state index in [1.54, 1.807) is 6.20 Å². The average Bonchev–Trinajstić information content (AvgIpc) is 3.26. The van der Waals surface area contributed by atoms with E-state index >= 15 is 0 Å². The summed E-state index contributed by atoms with van der Waals surface area (Å²) in [6.07, 6.45) is 12.4. The molecule has 1 aliphatic rings. The van der Waals surface area contributed by atoms with Crippen LogP contribution >= 0.6 is 17.0 Å². The van der Waals surface area contributed by atoms with E-state index in [2.05, 4.69) is 32.7 Å². The fourth-order valence-electron chi connectivity index (χ4n) is 2.89. The molecule has 0 saturated heterocycles. The largest absolute Gasteiger partial charge is 0.491 e. The van der Waals surface area contributed by atoms with E-state index in [9.17, 15) is 4.79 Å². The summed E-state index contributed by atoms with van der Waals surface area (Å²) >= 11 is 0. The zero-order valence-corrected chi connectivity index (χ0v) is 19.9. The highest BCUT2D eigenvalue weighted by Crippen LogP contribution is 2.18. The van der Waals surface area contributed by atoms with E-state index < -0.39 is 5.97 Å². The van der Waals surface area contributed by atoms with E-state index in [1.165, 1.54) is 0 Å². The van der Waals surface area contributed by atoms with Crippen LogP contribution in [0.4, 0.5) is 0 Å². The molecule has 31 heavy (non-hydrogen) atoms. The molecule has 1 aliphatic heterocycles. The van der Waals surface area contributed by atoms with Gasteiger partial charge >= 0.3 is 5.97 Å². The summed E-state index contributed by atoms with van der Waals surface area (Å²) in [6, 6.07) is 3.74. The minimum Gasteiger partial charge on any atom is -0.491 e. The molecule has 8 nitrogen and oxygen atoms in total. The van der Waals surface area contributed by atoms with E-state index in [1.807, 2.05) is 24.3 Å². The summed E-state index contributed by atoms with van der Waals surface area (Å²) in [5.41, 5.74) is 4.69. The molecule has 3 N–H and O–H groups in total. The van der Waals surface area contributed by atoms with Gasteiger partial charge in [0.05, 0.1) is 18.9 Å². The zero-order valence-electron chi connectivity index (χ0n) is 18.2. The van der Waals surface area contributed by atoms with Crippen molar-refractivity contribution in [2.45, 2.75) is 58.3 Å². The number of rotatable bonds is 14. The second kappa shape index (κ2) is 16.3. The number of aliphatic imine (C=N–C) groups is 1. The lowest BCUT2D eigenvalue weighted by atomic mass is 10.1. The molecule has 2 rings (SSSR count). The third-order valence-corrected chi connectivity index (χ3v) is 4.54. The van der Waals surface area contributed by atoms with Crippen molar-refractivity contribution >= 4 is 40.7 Å². The number of hydrogen-bond donors (Lipinski definition) is 3. The Labute approximate surface area is 195 Å². The smallest absolute Gasteiger partial charge is 0.303 e. The molecule has 1 aromatic rings. The predicted octanol–water partition coefficient (Wildman–Crippen LogP) is 4.18. The van der Waals surface area contributed by atoms with Crippen molar-refractivity contribution in [2.75, 3.05) is 19.7 Å². The summed E-state index contributed by atoms with van der Waals surface area (Å²) in [5, 5.41) is 16.3. The van der Waals surface area contributed by atoms with Crippen LogP contribution in [0.25, 0.3) is 6.08 Å². The number of hydrazone groups is 1. The van der Waals surface area contributed by atoms with Gasteiger partial charge in [-0.15, -0.1) is 17.0 Å². The van der Waals surface area contributed by atoms with Crippen LogP contribution in [0.3, 0.4) is 0 Å². The first kappa shape index (κ1) is 26.6. The number of aliphatic carboxylic acids is 1. The molecule has 2 heterocycles. The monoisotopic (exact) mass is 495 g/mol. The Morgan fingerprint density at radius 1 is 1.29 bits per heavy atom. The molecule has 1 aromatic heterocycles. The first-order chi connectivity index (χ1) is 14.7. The van der Waals surface area contributed by atoms with Crippen LogP contribution < -0.4 is 15.5 Å². The number of guanidine groups is 1. The highest BCUT2D eigenvalue weighted by Gasteiger charge is 2.05. The Bertz CT molecular complexity index is 752. The Hall–Kier alpha value is -2.42. The number of ether oxygens (including phenoxy) is 1. The van der Waals surface area contributed by atoms with Gasteiger partial charge in [-0.05, 0) is 56.4 Å². The van der Waals surface area contributed by atoms with Gasteiger partial charge in [0.1, 0.15) is 11.4 Å². The molecule has 0 aromatic carbocycles. The molecule has 0 atom stereocenters. The van der Waals surface area contributed by atoms with Crippen molar-refractivity contribution in [1.82, 2.24) is 15.7 Å². The molecule has 0 aliphatic carbocycles. The average molecular weight is 496 g/mol. The van der Waals surface area contributed by atoms with Crippen LogP contribution in [0, 0.1) is 0 Å². The second-order valence-electron chi connectivity index (χ2n) is 7.10. The minimum absolute atomic E-state index is 0. The van der Waals surface area contributed by atoms with Gasteiger partial charge in [0.15, 0.2) is 0 Å². The fraction of sp³-hybridized carbons (Fsp3) is 0.545. The Kier molecular flexibility index (Phi) is 14.0. The highest BCUT2D eigenvalue weighted by atomic mass is 79.9. The maximum absolute atomic E-state index is 10.6. The minimum atomic E-state index is -0.753. The maximum atomic E-state index is 10.6. The van der Waals surface area contributed by atoms with E-state index in [0.717, 1.165) is 68.8 Å². The number of allylic oxidation sites excluding steroid dienone is 1. The Balaban J connectivity index is 0.00000480. The summed E-state index contributed by atoms with van der Waals surface area (Å²) in [4.78, 5) is 19.3. The van der Waals surface area contributed by atoms with Crippen molar-refractivity contribution in [3.8, 4) is 5.75 Å². The van der Waals surface area contributed by atoms with Crippen molar-refractivity contribution in [2.24, 2.45) is 10.1 Å². The number of unbranched alkanes of at least 4 members (excludes halogenated alkanes) is 4. The van der Waals surface area contributed by atoms with Crippen LogP contribution in [0.5, 0.6) is 5.75 Å². The number of nitrogens with zero attached hydrogens (tertiary/aromatic N) is 3. The van der Waals surface area contributed by atoms with Gasteiger partial charge in [-0.2, -0.15) is 5.10 Å². The van der Waals surface area contributed by atoms with Crippen molar-refractivity contribution < 1.29 is 14.6 Å². The quantitative estimate of drug-likeness (QED) is 0.203. The highest BCUT2D eigenvalue weighted by molar-refractivity contribution is 8.93. The molecule has 0 spiro atoms. The van der Waals surface area contributed by atoms with Crippen LogP contribution in [0.15, 0.2) is 34.5 Å². The van der Waals surface area contributed by atoms with Crippen molar-refractivity contribution in [3.05, 3.63) is 30.1 Å². The van der Waals surface area contributed by atoms with E-state index in [-0.39, 0.29) is 23.4 Å². The molecule has 0 bridgehead atoms. The first-order valence-electron chi connectivity index (χ1n) is 10.8. The molecular weight excluding hydrogens is 462 g/mol. The molecule has 9 heteroatoms. The van der Waals surface area contributed by atoms with Gasteiger partial charge in [-0.1, -0.05) is 19.8 Å². The molecule has 0 fully saturated rings. The van der Waals surface area contributed by atoms with Gasteiger partial charge < -0.3 is 15.2 Å². The lowest BCUT2D eigenvalue weighted by molar-refractivity contribution is -0.137. The number of carboxylic acid groups (broad SMARTS) is 1. The van der Waals surface area contributed by atoms with Crippen LogP contribution in [-0.4, -0.2) is 47.4 Å². The zero-order chi connectivity index (χ0) is 21.4.